The summed E-state index contributed by atoms with van der Waals surface area (Å²) in [5, 5.41) is 2.72. The number of carbonyl (C=O) groups excluding carboxylic acids is 1. The maximum absolute atomic E-state index is 12.6. The van der Waals surface area contributed by atoms with Crippen LogP contribution in [0.4, 0.5) is 13.2 Å². The minimum absolute atomic E-state index is 0.335. The van der Waals surface area contributed by atoms with Crippen LogP contribution in [0.3, 0.4) is 0 Å². The summed E-state index contributed by atoms with van der Waals surface area (Å²) in [5.74, 6) is -0.392. The molecule has 0 spiro atoms. The van der Waals surface area contributed by atoms with Gasteiger partial charge in [0.15, 0.2) is 0 Å². The van der Waals surface area contributed by atoms with Crippen molar-refractivity contribution >= 4 is 16.9 Å². The van der Waals surface area contributed by atoms with E-state index in [9.17, 15) is 22.8 Å². The Morgan fingerprint density at radius 1 is 1.04 bits per heavy atom. The van der Waals surface area contributed by atoms with Crippen LogP contribution >= 0.6 is 0 Å². The Morgan fingerprint density at radius 2 is 1.68 bits per heavy atom. The Hall–Kier alpha value is -3.03. The Bertz CT molecular complexity index is 971. The molecule has 0 aliphatic carbocycles. The molecule has 3 rings (SSSR count). The van der Waals surface area contributed by atoms with Crippen molar-refractivity contribution in [1.82, 2.24) is 15.3 Å². The zero-order valence-corrected chi connectivity index (χ0v) is 13.1. The summed E-state index contributed by atoms with van der Waals surface area (Å²) in [6, 6.07) is 8.84. The molecule has 1 atom stereocenters. The smallest absolute Gasteiger partial charge is 0.346 e. The second kappa shape index (κ2) is 6.12. The predicted octanol–water partition coefficient (Wildman–Crippen LogP) is 3.37. The van der Waals surface area contributed by atoms with Crippen LogP contribution in [0, 0.1) is 0 Å². The summed E-state index contributed by atoms with van der Waals surface area (Å²) < 4.78 is 37.8. The lowest BCUT2D eigenvalue weighted by Crippen LogP contribution is -2.26. The third kappa shape index (κ3) is 3.57. The highest BCUT2D eigenvalue weighted by Crippen LogP contribution is 2.29. The van der Waals surface area contributed by atoms with Crippen molar-refractivity contribution in [1.29, 1.82) is 0 Å². The maximum atomic E-state index is 12.6. The first kappa shape index (κ1) is 16.8. The molecule has 3 N–H and O–H groups in total. The first-order chi connectivity index (χ1) is 11.7. The van der Waals surface area contributed by atoms with Crippen LogP contribution in [0.15, 0.2) is 47.3 Å². The standard InChI is InChI=1S/C17H14F3N3O2/c1-9(10-2-5-12(6-3-10)17(18,19)20)21-15(24)11-4-7-13-14(8-11)23-16(25)22-13/h2-9H,1H3,(H,21,24)(H2,22,23,25). The van der Waals surface area contributed by atoms with Crippen molar-refractivity contribution in [3.05, 3.63) is 69.6 Å². The van der Waals surface area contributed by atoms with E-state index in [0.717, 1.165) is 12.1 Å². The molecule has 1 heterocycles. The van der Waals surface area contributed by atoms with Crippen molar-refractivity contribution in [2.24, 2.45) is 0 Å². The lowest BCUT2D eigenvalue weighted by Gasteiger charge is -2.15. The van der Waals surface area contributed by atoms with E-state index in [4.69, 9.17) is 0 Å². The molecule has 1 aromatic heterocycles. The quantitative estimate of drug-likeness (QED) is 0.678. The number of amides is 1. The highest BCUT2D eigenvalue weighted by molar-refractivity contribution is 5.97. The molecule has 1 unspecified atom stereocenters. The Balaban J connectivity index is 1.75. The number of halogens is 3. The molecule has 0 aliphatic heterocycles. The number of H-pyrrole nitrogens is 2. The number of aromatic nitrogens is 2. The minimum Gasteiger partial charge on any atom is -0.346 e. The first-order valence-corrected chi connectivity index (χ1v) is 7.44. The average molecular weight is 349 g/mol. The molecule has 3 aromatic rings. The summed E-state index contributed by atoms with van der Waals surface area (Å²) in [7, 11) is 0. The summed E-state index contributed by atoms with van der Waals surface area (Å²) >= 11 is 0. The van der Waals surface area contributed by atoms with Crippen LogP contribution < -0.4 is 11.0 Å². The van der Waals surface area contributed by atoms with Gasteiger partial charge < -0.3 is 15.3 Å². The van der Waals surface area contributed by atoms with Crippen LogP contribution in [0.5, 0.6) is 0 Å². The molecule has 130 valence electrons. The number of hydrogen-bond acceptors (Lipinski definition) is 2. The number of benzene rings is 2. The van der Waals surface area contributed by atoms with E-state index in [1.54, 1.807) is 19.1 Å². The Kier molecular flexibility index (Phi) is 4.12. The van der Waals surface area contributed by atoms with Crippen molar-refractivity contribution in [3.63, 3.8) is 0 Å². The van der Waals surface area contributed by atoms with E-state index in [1.807, 2.05) is 0 Å². The summed E-state index contributed by atoms with van der Waals surface area (Å²) in [5.41, 5.74) is 0.860. The van der Waals surface area contributed by atoms with Crippen molar-refractivity contribution < 1.29 is 18.0 Å². The van der Waals surface area contributed by atoms with E-state index in [1.165, 1.54) is 18.2 Å². The molecule has 8 heteroatoms. The lowest BCUT2D eigenvalue weighted by molar-refractivity contribution is -0.137. The fourth-order valence-corrected chi connectivity index (χ4v) is 2.50. The number of fused-ring (bicyclic) bond motifs is 1. The highest BCUT2D eigenvalue weighted by atomic mass is 19.4. The minimum atomic E-state index is -4.39. The monoisotopic (exact) mass is 349 g/mol. The number of hydrogen-bond donors (Lipinski definition) is 3. The van der Waals surface area contributed by atoms with Crippen molar-refractivity contribution in [2.45, 2.75) is 19.1 Å². The number of carbonyl (C=O) groups is 1. The number of aromatic amines is 2. The number of nitrogens with one attached hydrogen (secondary N) is 3. The molecule has 0 saturated heterocycles. The van der Waals surface area contributed by atoms with Crippen LogP contribution in [0.25, 0.3) is 11.0 Å². The molecule has 0 aliphatic rings. The van der Waals surface area contributed by atoms with Gasteiger partial charge in [-0.3, -0.25) is 4.79 Å². The average Bonchev–Trinajstić information content (AvgIpc) is 2.93. The molecule has 1 amide bonds. The van der Waals surface area contributed by atoms with E-state index in [0.29, 0.717) is 22.2 Å². The fraction of sp³-hybridized carbons (Fsp3) is 0.176. The van der Waals surface area contributed by atoms with Gasteiger partial charge in [-0.25, -0.2) is 4.79 Å². The fourth-order valence-electron chi connectivity index (χ4n) is 2.50. The van der Waals surface area contributed by atoms with E-state index in [2.05, 4.69) is 15.3 Å². The highest BCUT2D eigenvalue weighted by Gasteiger charge is 2.30. The molecule has 2 aromatic carbocycles. The Labute approximate surface area is 139 Å². The predicted molar refractivity (Wildman–Crippen MR) is 86.2 cm³/mol. The second-order valence-electron chi connectivity index (χ2n) is 5.65. The number of imidazole rings is 1. The largest absolute Gasteiger partial charge is 0.416 e. The molecule has 0 fully saturated rings. The van der Waals surface area contributed by atoms with Gasteiger partial charge in [0.1, 0.15) is 0 Å². The topological polar surface area (TPSA) is 77.8 Å². The molecular formula is C17H14F3N3O2. The summed E-state index contributed by atoms with van der Waals surface area (Å²) in [4.78, 5) is 28.7. The van der Waals surface area contributed by atoms with Gasteiger partial charge in [0.05, 0.1) is 22.6 Å². The SMILES string of the molecule is CC(NC(=O)c1ccc2[nH]c(=O)[nH]c2c1)c1ccc(C(F)(F)F)cc1. The molecule has 0 bridgehead atoms. The van der Waals surface area contributed by atoms with E-state index < -0.39 is 23.7 Å². The van der Waals surface area contributed by atoms with Gasteiger partial charge in [-0.15, -0.1) is 0 Å². The van der Waals surface area contributed by atoms with Gasteiger partial charge >= 0.3 is 11.9 Å². The third-order valence-corrected chi connectivity index (χ3v) is 3.86. The van der Waals surface area contributed by atoms with Gasteiger partial charge in [-0.05, 0) is 42.8 Å². The zero-order chi connectivity index (χ0) is 18.2. The third-order valence-electron chi connectivity index (χ3n) is 3.86. The van der Waals surface area contributed by atoms with Gasteiger partial charge in [-0.2, -0.15) is 13.2 Å². The molecule has 0 saturated carbocycles. The lowest BCUT2D eigenvalue weighted by atomic mass is 10.1. The maximum Gasteiger partial charge on any atom is 0.416 e. The summed E-state index contributed by atoms with van der Waals surface area (Å²) in [6.07, 6.45) is -4.39. The molecular weight excluding hydrogens is 335 g/mol. The normalized spacial score (nSPS) is 13.0. The van der Waals surface area contributed by atoms with E-state index in [-0.39, 0.29) is 5.69 Å². The van der Waals surface area contributed by atoms with Crippen LogP contribution in [0.1, 0.15) is 34.5 Å². The van der Waals surface area contributed by atoms with Gasteiger partial charge in [0.25, 0.3) is 5.91 Å². The second-order valence-corrected chi connectivity index (χ2v) is 5.65. The van der Waals surface area contributed by atoms with Crippen LogP contribution in [-0.4, -0.2) is 15.9 Å². The van der Waals surface area contributed by atoms with Crippen LogP contribution in [0.2, 0.25) is 0 Å². The van der Waals surface area contributed by atoms with Crippen molar-refractivity contribution in [3.8, 4) is 0 Å². The number of rotatable bonds is 3. The number of alkyl halides is 3. The molecule has 25 heavy (non-hydrogen) atoms. The van der Waals surface area contributed by atoms with E-state index >= 15 is 0 Å². The molecule has 5 nitrogen and oxygen atoms in total. The van der Waals surface area contributed by atoms with Crippen LogP contribution in [-0.2, 0) is 6.18 Å². The van der Waals surface area contributed by atoms with Gasteiger partial charge in [0.2, 0.25) is 0 Å². The first-order valence-electron chi connectivity index (χ1n) is 7.44. The van der Waals surface area contributed by atoms with Gasteiger partial charge in [0, 0.05) is 5.56 Å². The Morgan fingerprint density at radius 3 is 2.32 bits per heavy atom. The molecule has 0 radical (unpaired) electrons. The summed E-state index contributed by atoms with van der Waals surface area (Å²) in [6.45, 7) is 1.68. The van der Waals surface area contributed by atoms with Crippen molar-refractivity contribution in [2.75, 3.05) is 0 Å². The zero-order valence-electron chi connectivity index (χ0n) is 13.1. The van der Waals surface area contributed by atoms with Gasteiger partial charge in [-0.1, -0.05) is 12.1 Å².